The van der Waals surface area contributed by atoms with Gasteiger partial charge in [-0.3, -0.25) is 0 Å². The first-order valence-corrected chi connectivity index (χ1v) is 8.86. The van der Waals surface area contributed by atoms with Crippen LogP contribution in [0, 0.1) is 6.92 Å². The third kappa shape index (κ3) is 3.82. The van der Waals surface area contributed by atoms with Crippen molar-refractivity contribution in [2.45, 2.75) is 6.92 Å². The second-order valence-electron chi connectivity index (χ2n) is 5.71. The van der Waals surface area contributed by atoms with Crippen LogP contribution < -0.4 is 10.6 Å². The maximum Gasteiger partial charge on any atom is 0.0976 e. The Morgan fingerprint density at radius 1 is 1.00 bits per heavy atom. The summed E-state index contributed by atoms with van der Waals surface area (Å²) in [5.41, 5.74) is 4.76. The lowest BCUT2D eigenvalue weighted by Gasteiger charge is -2.13. The lowest BCUT2D eigenvalue weighted by Crippen LogP contribution is -2.18. The van der Waals surface area contributed by atoms with Crippen molar-refractivity contribution in [3.8, 4) is 16.9 Å². The predicted molar refractivity (Wildman–Crippen MR) is 106 cm³/mol. The summed E-state index contributed by atoms with van der Waals surface area (Å²) in [6, 6.07) is 15.5. The first-order valence-electron chi connectivity index (χ1n) is 8.10. The van der Waals surface area contributed by atoms with Gasteiger partial charge >= 0.3 is 0 Å². The number of anilines is 1. The molecule has 0 atom stereocenters. The van der Waals surface area contributed by atoms with Crippen LogP contribution in [0.4, 0.5) is 5.69 Å². The van der Waals surface area contributed by atoms with Gasteiger partial charge in [-0.25, -0.2) is 4.68 Å². The molecule has 3 rings (SSSR count). The first-order chi connectivity index (χ1) is 12.1. The number of hydrogen-bond donors (Lipinski definition) is 2. The molecule has 0 unspecified atom stereocenters. The fourth-order valence-electron chi connectivity index (χ4n) is 2.72. The van der Waals surface area contributed by atoms with E-state index < -0.39 is 0 Å². The second-order valence-corrected chi connectivity index (χ2v) is 6.55. The Labute approximate surface area is 157 Å². The summed E-state index contributed by atoms with van der Waals surface area (Å²) in [5, 5.41) is 12.7. The molecule has 0 fully saturated rings. The number of halogens is 2. The van der Waals surface area contributed by atoms with Gasteiger partial charge in [-0.05, 0) is 38.2 Å². The van der Waals surface area contributed by atoms with E-state index in [0.717, 1.165) is 41.4 Å². The van der Waals surface area contributed by atoms with Crippen LogP contribution >= 0.6 is 23.2 Å². The van der Waals surface area contributed by atoms with Crippen LogP contribution in [-0.2, 0) is 0 Å². The Bertz CT molecular complexity index is 856. The van der Waals surface area contributed by atoms with Crippen molar-refractivity contribution in [3.05, 3.63) is 64.3 Å². The second kappa shape index (κ2) is 7.91. The molecule has 0 bridgehead atoms. The number of para-hydroxylation sites is 1. The number of aryl methyl sites for hydroxylation is 1. The number of benzene rings is 2. The summed E-state index contributed by atoms with van der Waals surface area (Å²) in [6.45, 7) is 3.65. The van der Waals surface area contributed by atoms with Gasteiger partial charge in [0.1, 0.15) is 0 Å². The molecule has 1 aromatic heterocycles. The van der Waals surface area contributed by atoms with Crippen molar-refractivity contribution in [3.63, 3.8) is 0 Å². The molecule has 0 saturated heterocycles. The zero-order chi connectivity index (χ0) is 17.8. The van der Waals surface area contributed by atoms with E-state index in [1.165, 1.54) is 0 Å². The molecule has 6 heteroatoms. The smallest absolute Gasteiger partial charge is 0.0976 e. The lowest BCUT2D eigenvalue weighted by atomic mass is 10.1. The molecule has 0 aliphatic heterocycles. The van der Waals surface area contributed by atoms with Crippen LogP contribution in [0.25, 0.3) is 16.9 Å². The first kappa shape index (κ1) is 17.8. The van der Waals surface area contributed by atoms with Crippen molar-refractivity contribution in [1.82, 2.24) is 15.1 Å². The van der Waals surface area contributed by atoms with E-state index in [-0.39, 0.29) is 0 Å². The van der Waals surface area contributed by atoms with Crippen molar-refractivity contribution in [1.29, 1.82) is 0 Å². The molecule has 4 nitrogen and oxygen atoms in total. The summed E-state index contributed by atoms with van der Waals surface area (Å²) >= 11 is 12.5. The van der Waals surface area contributed by atoms with Gasteiger partial charge in [0.25, 0.3) is 0 Å². The van der Waals surface area contributed by atoms with Gasteiger partial charge in [-0.15, -0.1) is 0 Å². The fourth-order valence-corrected chi connectivity index (χ4v) is 3.07. The maximum absolute atomic E-state index is 6.42. The maximum atomic E-state index is 6.42. The highest BCUT2D eigenvalue weighted by Crippen LogP contribution is 2.35. The number of aromatic nitrogens is 2. The monoisotopic (exact) mass is 374 g/mol. The Morgan fingerprint density at radius 3 is 2.40 bits per heavy atom. The van der Waals surface area contributed by atoms with E-state index in [1.54, 1.807) is 0 Å². The molecule has 0 aliphatic rings. The van der Waals surface area contributed by atoms with Gasteiger partial charge in [-0.1, -0.05) is 47.5 Å². The molecule has 2 N–H and O–H groups in total. The number of likely N-dealkylation sites (N-methyl/N-ethyl adjacent to an activating group) is 1. The number of hydrogen-bond acceptors (Lipinski definition) is 3. The van der Waals surface area contributed by atoms with Crippen LogP contribution in [0.2, 0.25) is 10.0 Å². The van der Waals surface area contributed by atoms with Gasteiger partial charge in [0.15, 0.2) is 0 Å². The summed E-state index contributed by atoms with van der Waals surface area (Å²) in [5.74, 6) is 0. The SMILES string of the molecule is CNCCNc1c(C)nn(-c2ccccc2Cl)c1-c1ccc(Cl)cc1. The summed E-state index contributed by atoms with van der Waals surface area (Å²) in [4.78, 5) is 0. The highest BCUT2D eigenvalue weighted by Gasteiger charge is 2.19. The molecule has 0 spiro atoms. The Hall–Kier alpha value is -2.01. The van der Waals surface area contributed by atoms with Crippen LogP contribution in [0.1, 0.15) is 5.69 Å². The molecule has 0 amide bonds. The highest BCUT2D eigenvalue weighted by molar-refractivity contribution is 6.32. The predicted octanol–water partition coefficient (Wildman–Crippen LogP) is 4.79. The van der Waals surface area contributed by atoms with Gasteiger partial charge < -0.3 is 10.6 Å². The van der Waals surface area contributed by atoms with E-state index >= 15 is 0 Å². The molecule has 130 valence electrons. The van der Waals surface area contributed by atoms with Crippen LogP contribution in [-0.4, -0.2) is 29.9 Å². The normalized spacial score (nSPS) is 10.9. The van der Waals surface area contributed by atoms with Crippen molar-refractivity contribution >= 4 is 28.9 Å². The lowest BCUT2D eigenvalue weighted by molar-refractivity contribution is 0.823. The molecule has 0 saturated carbocycles. The van der Waals surface area contributed by atoms with E-state index in [1.807, 2.05) is 67.2 Å². The minimum atomic E-state index is 0.655. The minimum absolute atomic E-state index is 0.655. The minimum Gasteiger partial charge on any atom is -0.380 e. The van der Waals surface area contributed by atoms with Gasteiger partial charge in [0, 0.05) is 23.7 Å². The average molecular weight is 375 g/mol. The van der Waals surface area contributed by atoms with E-state index in [4.69, 9.17) is 28.3 Å². The summed E-state index contributed by atoms with van der Waals surface area (Å²) < 4.78 is 1.89. The van der Waals surface area contributed by atoms with Gasteiger partial charge in [-0.2, -0.15) is 5.10 Å². The van der Waals surface area contributed by atoms with Crippen LogP contribution in [0.3, 0.4) is 0 Å². The highest BCUT2D eigenvalue weighted by atomic mass is 35.5. The quantitative estimate of drug-likeness (QED) is 0.609. The molecule has 0 aliphatic carbocycles. The summed E-state index contributed by atoms with van der Waals surface area (Å²) in [7, 11) is 1.93. The van der Waals surface area contributed by atoms with E-state index in [2.05, 4.69) is 10.6 Å². The molecule has 3 aromatic rings. The van der Waals surface area contributed by atoms with E-state index in [9.17, 15) is 0 Å². The number of rotatable bonds is 6. The fraction of sp³-hybridized carbons (Fsp3) is 0.211. The van der Waals surface area contributed by atoms with Gasteiger partial charge in [0.05, 0.1) is 27.8 Å². The Kier molecular flexibility index (Phi) is 5.63. The molecular formula is C19H20Cl2N4. The molecule has 2 aromatic carbocycles. The number of nitrogens with zero attached hydrogens (tertiary/aromatic N) is 2. The molecule has 25 heavy (non-hydrogen) atoms. The van der Waals surface area contributed by atoms with Crippen molar-refractivity contribution in [2.24, 2.45) is 0 Å². The zero-order valence-corrected chi connectivity index (χ0v) is 15.7. The topological polar surface area (TPSA) is 41.9 Å². The third-order valence-electron chi connectivity index (χ3n) is 3.94. The third-order valence-corrected chi connectivity index (χ3v) is 4.51. The summed E-state index contributed by atoms with van der Waals surface area (Å²) in [6.07, 6.45) is 0. The van der Waals surface area contributed by atoms with Crippen LogP contribution in [0.15, 0.2) is 48.5 Å². The van der Waals surface area contributed by atoms with E-state index in [0.29, 0.717) is 10.0 Å². The molecule has 0 radical (unpaired) electrons. The largest absolute Gasteiger partial charge is 0.380 e. The molecular weight excluding hydrogens is 355 g/mol. The number of nitrogens with one attached hydrogen (secondary N) is 2. The van der Waals surface area contributed by atoms with Gasteiger partial charge in [0.2, 0.25) is 0 Å². The molecule has 1 heterocycles. The van der Waals surface area contributed by atoms with Crippen molar-refractivity contribution in [2.75, 3.05) is 25.5 Å². The van der Waals surface area contributed by atoms with Crippen molar-refractivity contribution < 1.29 is 0 Å². The average Bonchev–Trinajstić information content (AvgIpc) is 2.93. The standard InChI is InChI=1S/C19H20Cl2N4/c1-13-18(23-12-11-22-2)19(14-7-9-15(20)10-8-14)25(24-13)17-6-4-3-5-16(17)21/h3-10,22-23H,11-12H2,1-2H3. The Morgan fingerprint density at radius 2 is 1.72 bits per heavy atom. The van der Waals surface area contributed by atoms with Crippen LogP contribution in [0.5, 0.6) is 0 Å². The zero-order valence-electron chi connectivity index (χ0n) is 14.2. The Balaban J connectivity index is 2.16.